The number of nitrogens with zero attached hydrogens (tertiary/aromatic N) is 3. The second kappa shape index (κ2) is 6.67. The molecule has 120 valence electrons. The summed E-state index contributed by atoms with van der Waals surface area (Å²) in [5.74, 6) is 0. The van der Waals surface area contributed by atoms with Crippen molar-refractivity contribution in [2.24, 2.45) is 12.5 Å². The predicted octanol–water partition coefficient (Wildman–Crippen LogP) is 2.85. The molecular weight excluding hydrogens is 284 g/mol. The van der Waals surface area contributed by atoms with E-state index in [2.05, 4.69) is 43.0 Å². The minimum atomic E-state index is 0.271. The lowest BCUT2D eigenvalue weighted by Crippen LogP contribution is -2.46. The quantitative estimate of drug-likeness (QED) is 0.931. The third-order valence-corrected chi connectivity index (χ3v) is 4.84. The maximum absolute atomic E-state index is 6.49. The zero-order valence-electron chi connectivity index (χ0n) is 14.0. The molecule has 1 unspecified atom stereocenters. The van der Waals surface area contributed by atoms with Crippen LogP contribution >= 0.6 is 11.6 Å². The van der Waals surface area contributed by atoms with Crippen molar-refractivity contribution in [1.29, 1.82) is 0 Å². The van der Waals surface area contributed by atoms with E-state index in [9.17, 15) is 0 Å². The van der Waals surface area contributed by atoms with Gasteiger partial charge in [-0.2, -0.15) is 5.10 Å². The van der Waals surface area contributed by atoms with Crippen LogP contribution in [-0.4, -0.2) is 40.4 Å². The van der Waals surface area contributed by atoms with E-state index in [4.69, 9.17) is 11.6 Å². The highest BCUT2D eigenvalue weighted by Crippen LogP contribution is 2.25. The monoisotopic (exact) mass is 312 g/mol. The van der Waals surface area contributed by atoms with E-state index in [0.717, 1.165) is 49.0 Å². The van der Waals surface area contributed by atoms with Crippen LogP contribution in [0.25, 0.3) is 0 Å². The minimum absolute atomic E-state index is 0.271. The van der Waals surface area contributed by atoms with Crippen molar-refractivity contribution < 1.29 is 0 Å². The van der Waals surface area contributed by atoms with Gasteiger partial charge in [0.2, 0.25) is 0 Å². The van der Waals surface area contributed by atoms with Crippen LogP contribution < -0.4 is 5.32 Å². The molecule has 0 spiro atoms. The number of halogens is 1. The average Bonchev–Trinajstić information content (AvgIpc) is 2.60. The molecule has 4 nitrogen and oxygen atoms in total. The van der Waals surface area contributed by atoms with Gasteiger partial charge in [0.1, 0.15) is 0 Å². The second-order valence-corrected chi connectivity index (χ2v) is 7.52. The van der Waals surface area contributed by atoms with Gasteiger partial charge >= 0.3 is 0 Å². The van der Waals surface area contributed by atoms with Crippen LogP contribution in [0.1, 0.15) is 45.5 Å². The van der Waals surface area contributed by atoms with Crippen LogP contribution in [0.5, 0.6) is 0 Å². The predicted molar refractivity (Wildman–Crippen MR) is 88.7 cm³/mol. The molecular formula is C16H29ClN4. The Hall–Kier alpha value is -0.580. The van der Waals surface area contributed by atoms with Gasteiger partial charge in [-0.05, 0) is 31.3 Å². The van der Waals surface area contributed by atoms with Crippen LogP contribution in [0.15, 0.2) is 0 Å². The molecule has 0 saturated carbocycles. The molecule has 2 heterocycles. The van der Waals surface area contributed by atoms with E-state index >= 15 is 0 Å². The summed E-state index contributed by atoms with van der Waals surface area (Å²) in [4.78, 5) is 2.51. The lowest BCUT2D eigenvalue weighted by molar-refractivity contribution is 0.189. The molecule has 21 heavy (non-hydrogen) atoms. The van der Waals surface area contributed by atoms with Crippen LogP contribution in [0.4, 0.5) is 0 Å². The molecule has 5 heteroatoms. The van der Waals surface area contributed by atoms with Crippen molar-refractivity contribution in [2.45, 2.75) is 53.1 Å². The first kappa shape index (κ1) is 16.8. The molecule has 1 saturated heterocycles. The van der Waals surface area contributed by atoms with Gasteiger partial charge in [-0.15, -0.1) is 0 Å². The normalized spacial score (nSPS) is 21.5. The fraction of sp³-hybridized carbons (Fsp3) is 0.812. The zero-order chi connectivity index (χ0) is 15.6. The van der Waals surface area contributed by atoms with Gasteiger partial charge in [0.25, 0.3) is 0 Å². The summed E-state index contributed by atoms with van der Waals surface area (Å²) in [5.41, 5.74) is 2.42. The largest absolute Gasteiger partial charge is 0.312 e. The lowest BCUT2D eigenvalue weighted by atomic mass is 9.86. The summed E-state index contributed by atoms with van der Waals surface area (Å²) >= 11 is 6.49. The highest BCUT2D eigenvalue weighted by Gasteiger charge is 2.28. The van der Waals surface area contributed by atoms with Crippen molar-refractivity contribution in [3.8, 4) is 0 Å². The topological polar surface area (TPSA) is 33.1 Å². The summed E-state index contributed by atoms with van der Waals surface area (Å²) in [6.07, 6.45) is 2.07. The Balaban J connectivity index is 2.13. The van der Waals surface area contributed by atoms with E-state index in [1.54, 1.807) is 0 Å². The molecule has 2 rings (SSSR count). The first-order valence-electron chi connectivity index (χ1n) is 7.99. The van der Waals surface area contributed by atoms with E-state index in [1.165, 1.54) is 6.42 Å². The molecule has 0 amide bonds. The summed E-state index contributed by atoms with van der Waals surface area (Å²) < 4.78 is 1.95. The van der Waals surface area contributed by atoms with E-state index < -0.39 is 0 Å². The Morgan fingerprint density at radius 1 is 1.38 bits per heavy atom. The van der Waals surface area contributed by atoms with Gasteiger partial charge in [0, 0.05) is 26.2 Å². The fourth-order valence-corrected chi connectivity index (χ4v) is 3.27. The molecule has 1 atom stereocenters. The molecule has 1 fully saturated rings. The lowest BCUT2D eigenvalue weighted by Gasteiger charge is -2.33. The zero-order valence-corrected chi connectivity index (χ0v) is 14.8. The maximum atomic E-state index is 6.49. The smallest absolute Gasteiger partial charge is 0.0863 e. The molecule has 1 aliphatic rings. The number of rotatable bonds is 3. The molecule has 0 aromatic carbocycles. The minimum Gasteiger partial charge on any atom is -0.312 e. The van der Waals surface area contributed by atoms with Gasteiger partial charge in [0.05, 0.1) is 16.4 Å². The first-order chi connectivity index (χ1) is 9.82. The molecule has 0 radical (unpaired) electrons. The molecule has 1 N–H and O–H groups in total. The summed E-state index contributed by atoms with van der Waals surface area (Å²) in [6, 6.07) is 0.512. The van der Waals surface area contributed by atoms with Gasteiger partial charge in [-0.3, -0.25) is 9.58 Å². The summed E-state index contributed by atoms with van der Waals surface area (Å²) in [5, 5.41) is 9.07. The molecule has 1 aliphatic heterocycles. The van der Waals surface area contributed by atoms with Crippen molar-refractivity contribution in [1.82, 2.24) is 20.0 Å². The third-order valence-electron chi connectivity index (χ3n) is 4.40. The standard InChI is InChI=1S/C16H29ClN4/c1-6-12-15(17)13(20(5)19-12)10-21-9-7-8-18-14(11-21)16(2,3)4/h14,18H,6-11H2,1-5H3. The second-order valence-electron chi connectivity index (χ2n) is 7.15. The van der Waals surface area contributed by atoms with E-state index in [0.29, 0.717) is 6.04 Å². The number of hydrogen-bond acceptors (Lipinski definition) is 3. The molecule has 1 aromatic heterocycles. The van der Waals surface area contributed by atoms with Crippen LogP contribution in [0.3, 0.4) is 0 Å². The first-order valence-corrected chi connectivity index (χ1v) is 8.36. The number of nitrogens with one attached hydrogen (secondary N) is 1. The summed E-state index contributed by atoms with van der Waals surface area (Å²) in [6.45, 7) is 13.2. The fourth-order valence-electron chi connectivity index (χ4n) is 2.92. The highest BCUT2D eigenvalue weighted by molar-refractivity contribution is 6.31. The molecule has 0 aliphatic carbocycles. The Morgan fingerprint density at radius 2 is 2.10 bits per heavy atom. The van der Waals surface area contributed by atoms with E-state index in [-0.39, 0.29) is 5.41 Å². The molecule has 0 bridgehead atoms. The number of aryl methyl sites for hydroxylation is 2. The Morgan fingerprint density at radius 3 is 2.67 bits per heavy atom. The third kappa shape index (κ3) is 3.99. The van der Waals surface area contributed by atoms with Gasteiger partial charge in [-0.1, -0.05) is 39.3 Å². The Labute approximate surface area is 133 Å². The average molecular weight is 313 g/mol. The Kier molecular flexibility index (Phi) is 5.33. The van der Waals surface area contributed by atoms with Crippen LogP contribution in [0, 0.1) is 5.41 Å². The maximum Gasteiger partial charge on any atom is 0.0863 e. The van der Waals surface area contributed by atoms with Gasteiger partial charge < -0.3 is 5.32 Å². The van der Waals surface area contributed by atoms with Crippen molar-refractivity contribution in [2.75, 3.05) is 19.6 Å². The van der Waals surface area contributed by atoms with Gasteiger partial charge in [-0.25, -0.2) is 0 Å². The van der Waals surface area contributed by atoms with Crippen molar-refractivity contribution in [3.63, 3.8) is 0 Å². The van der Waals surface area contributed by atoms with Crippen LogP contribution in [0.2, 0.25) is 5.02 Å². The summed E-state index contributed by atoms with van der Waals surface area (Å²) in [7, 11) is 2.00. The SMILES string of the molecule is CCc1nn(C)c(CN2CCCNC(C(C)(C)C)C2)c1Cl. The highest BCUT2D eigenvalue weighted by atomic mass is 35.5. The van der Waals surface area contributed by atoms with E-state index in [1.807, 2.05) is 11.7 Å². The van der Waals surface area contributed by atoms with Crippen LogP contribution in [-0.2, 0) is 20.0 Å². The number of aromatic nitrogens is 2. The number of hydrogen-bond donors (Lipinski definition) is 1. The Bertz CT molecular complexity index is 475. The van der Waals surface area contributed by atoms with Crippen molar-refractivity contribution >= 4 is 11.6 Å². The van der Waals surface area contributed by atoms with Crippen molar-refractivity contribution in [3.05, 3.63) is 16.4 Å². The molecule has 1 aromatic rings. The van der Waals surface area contributed by atoms with Gasteiger partial charge in [0.15, 0.2) is 0 Å².